The van der Waals surface area contributed by atoms with Crippen LogP contribution in [0.25, 0.3) is 28.1 Å². The third-order valence-corrected chi connectivity index (χ3v) is 7.27. The fourth-order valence-electron chi connectivity index (χ4n) is 4.77. The Hall–Kier alpha value is -4.34. The summed E-state index contributed by atoms with van der Waals surface area (Å²) >= 11 is 3.47. The monoisotopic (exact) mass is 662 g/mol. The predicted octanol–water partition coefficient (Wildman–Crippen LogP) is 5.40. The number of aromatic nitrogens is 7. The molecule has 2 N–H and O–H groups in total. The Labute approximate surface area is 249 Å². The van der Waals surface area contributed by atoms with Gasteiger partial charge in [0.1, 0.15) is 11.6 Å². The molecule has 226 valence electrons. The van der Waals surface area contributed by atoms with Crippen LogP contribution < -0.4 is 5.56 Å². The van der Waals surface area contributed by atoms with Gasteiger partial charge in [-0.1, -0.05) is 43.1 Å². The zero-order valence-corrected chi connectivity index (χ0v) is 24.4. The fraction of sp³-hybridized carbons (Fsp3) is 0.370. The van der Waals surface area contributed by atoms with Gasteiger partial charge in [-0.05, 0) is 34.8 Å². The number of rotatable bonds is 9. The lowest BCUT2D eigenvalue weighted by atomic mass is 10.1. The van der Waals surface area contributed by atoms with Crippen LogP contribution in [-0.4, -0.2) is 56.2 Å². The number of hydrogen-bond acceptors (Lipinski definition) is 8. The Balaban J connectivity index is 0.000000472. The third-order valence-electron chi connectivity index (χ3n) is 6.81. The SMILES string of the molecule is CCCCCn1c2c(c(=O)n3c(CCCc4nc(-c5c[nH]c6ccccc56)no4)nnc13)CC(Br)=N2.O=C(O)C(F)(F)F. The van der Waals surface area contributed by atoms with Crippen LogP contribution in [0.2, 0.25) is 0 Å². The largest absolute Gasteiger partial charge is 0.490 e. The number of aromatic amines is 1. The number of aryl methyl sites for hydroxylation is 3. The Morgan fingerprint density at radius 3 is 2.67 bits per heavy atom. The van der Waals surface area contributed by atoms with E-state index in [1.54, 1.807) is 4.40 Å². The Bertz CT molecular complexity index is 1870. The van der Waals surface area contributed by atoms with Gasteiger partial charge in [-0.3, -0.25) is 9.36 Å². The van der Waals surface area contributed by atoms with Crippen molar-refractivity contribution in [2.45, 2.75) is 64.6 Å². The molecule has 0 amide bonds. The third kappa shape index (κ3) is 6.38. The average molecular weight is 663 g/mol. The van der Waals surface area contributed by atoms with Crippen molar-refractivity contribution >= 4 is 49.0 Å². The second-order valence-corrected chi connectivity index (χ2v) is 10.7. The molecular weight excluding hydrogens is 637 g/mol. The van der Waals surface area contributed by atoms with Crippen LogP contribution in [-0.2, 0) is 30.6 Å². The first-order valence-electron chi connectivity index (χ1n) is 13.5. The molecule has 1 aliphatic rings. The Morgan fingerprint density at radius 2 is 1.93 bits per heavy atom. The van der Waals surface area contributed by atoms with E-state index in [9.17, 15) is 18.0 Å². The van der Waals surface area contributed by atoms with Crippen LogP contribution in [0.4, 0.5) is 19.0 Å². The van der Waals surface area contributed by atoms with Gasteiger partial charge in [-0.15, -0.1) is 10.2 Å². The number of aliphatic imine (C=N–C) groups is 1. The average Bonchev–Trinajstić information content (AvgIpc) is 3.76. The van der Waals surface area contributed by atoms with E-state index in [4.69, 9.17) is 14.4 Å². The van der Waals surface area contributed by atoms with Crippen LogP contribution >= 0.6 is 15.9 Å². The van der Waals surface area contributed by atoms with Crippen molar-refractivity contribution in [3.05, 3.63) is 58.1 Å². The van der Waals surface area contributed by atoms with Crippen molar-refractivity contribution in [2.75, 3.05) is 0 Å². The highest BCUT2D eigenvalue weighted by atomic mass is 79.9. The molecule has 0 unspecified atom stereocenters. The molecule has 1 aromatic carbocycles. The first-order valence-corrected chi connectivity index (χ1v) is 14.3. The van der Waals surface area contributed by atoms with Crippen molar-refractivity contribution in [2.24, 2.45) is 4.99 Å². The maximum absolute atomic E-state index is 13.3. The molecule has 5 heterocycles. The molecule has 0 saturated heterocycles. The molecule has 0 spiro atoms. The maximum atomic E-state index is 13.3. The van der Waals surface area contributed by atoms with Crippen LogP contribution in [0.5, 0.6) is 0 Å². The lowest BCUT2D eigenvalue weighted by molar-refractivity contribution is -0.192. The highest BCUT2D eigenvalue weighted by Gasteiger charge is 2.38. The summed E-state index contributed by atoms with van der Waals surface area (Å²) in [6.45, 7) is 2.92. The first kappa shape index (κ1) is 30.1. The second-order valence-electron chi connectivity index (χ2n) is 9.80. The first-order chi connectivity index (χ1) is 20.6. The summed E-state index contributed by atoms with van der Waals surface area (Å²) in [7, 11) is 0. The number of unbranched alkanes of at least 4 members (excludes halogenated alkanes) is 2. The molecule has 5 aromatic rings. The number of fused-ring (bicyclic) bond motifs is 3. The zero-order chi connectivity index (χ0) is 30.7. The number of hydrogen-bond donors (Lipinski definition) is 2. The van der Waals surface area contributed by atoms with Crippen molar-refractivity contribution in [1.29, 1.82) is 0 Å². The molecule has 0 fully saturated rings. The number of carbonyl (C=O) groups is 1. The van der Waals surface area contributed by atoms with Crippen molar-refractivity contribution in [3.8, 4) is 11.4 Å². The molecule has 0 radical (unpaired) electrons. The summed E-state index contributed by atoms with van der Waals surface area (Å²) in [6, 6.07) is 8.02. The van der Waals surface area contributed by atoms with Gasteiger partial charge in [0, 0.05) is 48.5 Å². The predicted molar refractivity (Wildman–Crippen MR) is 154 cm³/mol. The number of benzene rings is 1. The van der Waals surface area contributed by atoms with Crippen molar-refractivity contribution in [1.82, 2.24) is 34.3 Å². The molecule has 6 rings (SSSR count). The summed E-state index contributed by atoms with van der Waals surface area (Å²) in [5.74, 6) is 0.250. The lowest BCUT2D eigenvalue weighted by Gasteiger charge is -2.12. The standard InChI is InChI=1S/C25H25BrN8O2.C2HF3O2/c1-2-3-6-12-33-23-16(13-19(26)28-23)24(35)34-20(30-31-25(33)34)10-7-11-21-29-22(32-36-21)17-14-27-18-9-5-4-8-15(17)18;3-2(4,5)1(6)7/h4-5,8-9,14,27H,2-3,6-7,10-13H2,1H3;(H,6,7). The van der Waals surface area contributed by atoms with E-state index in [0.717, 1.165) is 46.9 Å². The minimum Gasteiger partial charge on any atom is -0.475 e. The van der Waals surface area contributed by atoms with E-state index in [2.05, 4.69) is 53.2 Å². The van der Waals surface area contributed by atoms with Gasteiger partial charge in [-0.2, -0.15) is 18.2 Å². The number of halogens is 4. The number of alkyl halides is 3. The van der Waals surface area contributed by atoms with Gasteiger partial charge in [0.05, 0.1) is 10.2 Å². The number of para-hydroxylation sites is 1. The van der Waals surface area contributed by atoms with E-state index in [1.165, 1.54) is 0 Å². The quantitative estimate of drug-likeness (QED) is 0.199. The zero-order valence-electron chi connectivity index (χ0n) is 22.9. The van der Waals surface area contributed by atoms with E-state index in [-0.39, 0.29) is 5.56 Å². The van der Waals surface area contributed by atoms with Gasteiger partial charge in [0.25, 0.3) is 5.56 Å². The number of nitrogens with one attached hydrogen (secondary N) is 1. The van der Waals surface area contributed by atoms with Gasteiger partial charge >= 0.3 is 12.1 Å². The summed E-state index contributed by atoms with van der Waals surface area (Å²) in [5.41, 5.74) is 2.54. The van der Waals surface area contributed by atoms with E-state index in [0.29, 0.717) is 60.4 Å². The summed E-state index contributed by atoms with van der Waals surface area (Å²) in [4.78, 5) is 34.6. The van der Waals surface area contributed by atoms with Crippen LogP contribution in [0, 0.1) is 0 Å². The van der Waals surface area contributed by atoms with Crippen molar-refractivity contribution < 1.29 is 27.6 Å². The van der Waals surface area contributed by atoms with Crippen LogP contribution in [0.15, 0.2) is 44.8 Å². The molecule has 16 heteroatoms. The van der Waals surface area contributed by atoms with E-state index < -0.39 is 12.1 Å². The molecule has 43 heavy (non-hydrogen) atoms. The summed E-state index contributed by atoms with van der Waals surface area (Å²) < 4.78 is 41.7. The molecule has 12 nitrogen and oxygen atoms in total. The van der Waals surface area contributed by atoms with Crippen LogP contribution in [0.1, 0.15) is 49.9 Å². The smallest absolute Gasteiger partial charge is 0.475 e. The van der Waals surface area contributed by atoms with Gasteiger partial charge < -0.3 is 14.6 Å². The summed E-state index contributed by atoms with van der Waals surface area (Å²) in [6.07, 6.45) is 2.36. The number of nitrogens with zero attached hydrogens (tertiary/aromatic N) is 7. The van der Waals surface area contributed by atoms with Crippen molar-refractivity contribution in [3.63, 3.8) is 0 Å². The summed E-state index contributed by atoms with van der Waals surface area (Å²) in [5, 5.41) is 21.1. The minimum absolute atomic E-state index is 0.0932. The van der Waals surface area contributed by atoms with Crippen LogP contribution in [0.3, 0.4) is 0 Å². The van der Waals surface area contributed by atoms with Gasteiger partial charge in [-0.25, -0.2) is 14.2 Å². The topological polar surface area (TPSA) is 157 Å². The number of carboxylic acid groups (broad SMARTS) is 1. The highest BCUT2D eigenvalue weighted by molar-refractivity contribution is 9.18. The fourth-order valence-corrected chi connectivity index (χ4v) is 5.22. The lowest BCUT2D eigenvalue weighted by Crippen LogP contribution is -2.23. The molecule has 0 saturated carbocycles. The molecule has 0 bridgehead atoms. The number of H-pyrrole nitrogens is 1. The molecule has 0 atom stereocenters. The van der Waals surface area contributed by atoms with E-state index in [1.807, 2.05) is 35.0 Å². The minimum atomic E-state index is -5.08. The highest BCUT2D eigenvalue weighted by Crippen LogP contribution is 2.29. The second kappa shape index (κ2) is 12.5. The number of aliphatic carboxylic acids is 1. The maximum Gasteiger partial charge on any atom is 0.490 e. The molecule has 4 aromatic heterocycles. The van der Waals surface area contributed by atoms with Gasteiger partial charge in [0.2, 0.25) is 17.5 Å². The normalized spacial score (nSPS) is 12.8. The number of carboxylic acids is 1. The Morgan fingerprint density at radius 1 is 1.16 bits per heavy atom. The van der Waals surface area contributed by atoms with E-state index >= 15 is 0 Å². The van der Waals surface area contributed by atoms with Gasteiger partial charge in [0.15, 0.2) is 0 Å². The molecule has 1 aliphatic heterocycles. The molecule has 0 aliphatic carbocycles. The molecular formula is C27H26BrF3N8O4. The Kier molecular flexibility index (Phi) is 8.75.